The maximum Gasteiger partial charge on any atom is 0.149 e. The Labute approximate surface area is 98.5 Å². The second-order valence-corrected chi connectivity index (χ2v) is 4.24. The Morgan fingerprint density at radius 2 is 2.25 bits per heavy atom. The minimum absolute atomic E-state index is 0.723. The third-order valence-electron chi connectivity index (χ3n) is 2.94. The lowest BCUT2D eigenvalue weighted by atomic mass is 9.99. The smallest absolute Gasteiger partial charge is 0.149 e. The largest absolute Gasteiger partial charge is 0.396 e. The first kappa shape index (κ1) is 12.8. The van der Waals surface area contributed by atoms with Gasteiger partial charge < -0.3 is 11.1 Å². The molecule has 1 rings (SSSR count). The molecular formula is C13H23N3. The molecule has 1 aromatic heterocycles. The highest BCUT2D eigenvalue weighted by Gasteiger charge is 2.06. The standard InChI is InChI=1S/C13H23N3/c1-3-5-7-11(4-2)10-16-13-12(14)8-6-9-15-13/h6,8-9,11H,3-5,7,10,14H2,1-2H3,(H,15,16). The molecule has 90 valence electrons. The Hall–Kier alpha value is -1.25. The van der Waals surface area contributed by atoms with Crippen LogP contribution in [0.1, 0.15) is 39.5 Å². The Bertz CT molecular complexity index is 299. The van der Waals surface area contributed by atoms with E-state index in [0.29, 0.717) is 0 Å². The van der Waals surface area contributed by atoms with Crippen molar-refractivity contribution in [2.45, 2.75) is 39.5 Å². The van der Waals surface area contributed by atoms with Crippen molar-refractivity contribution < 1.29 is 0 Å². The molecule has 0 aromatic carbocycles. The number of nitrogens with two attached hydrogens (primary N) is 1. The zero-order chi connectivity index (χ0) is 11.8. The predicted molar refractivity (Wildman–Crippen MR) is 70.4 cm³/mol. The Kier molecular flexibility index (Phi) is 5.68. The van der Waals surface area contributed by atoms with Crippen LogP contribution in [0.15, 0.2) is 18.3 Å². The number of hydrogen-bond donors (Lipinski definition) is 2. The van der Waals surface area contributed by atoms with Crippen LogP contribution in [0.25, 0.3) is 0 Å². The predicted octanol–water partition coefficient (Wildman–Crippen LogP) is 3.29. The molecule has 0 amide bonds. The van der Waals surface area contributed by atoms with Crippen LogP contribution >= 0.6 is 0 Å². The molecule has 0 saturated carbocycles. The Morgan fingerprint density at radius 1 is 1.44 bits per heavy atom. The van der Waals surface area contributed by atoms with Crippen molar-refractivity contribution in [2.24, 2.45) is 5.92 Å². The number of unbranched alkanes of at least 4 members (excludes halogenated alkanes) is 1. The first-order valence-electron chi connectivity index (χ1n) is 6.22. The summed E-state index contributed by atoms with van der Waals surface area (Å²) in [7, 11) is 0. The number of nitrogens with zero attached hydrogens (tertiary/aromatic N) is 1. The second-order valence-electron chi connectivity index (χ2n) is 4.24. The summed E-state index contributed by atoms with van der Waals surface area (Å²) in [5.41, 5.74) is 6.55. The van der Waals surface area contributed by atoms with E-state index in [2.05, 4.69) is 24.1 Å². The van der Waals surface area contributed by atoms with E-state index in [9.17, 15) is 0 Å². The Balaban J connectivity index is 2.40. The summed E-state index contributed by atoms with van der Waals surface area (Å²) in [5.74, 6) is 1.54. The first-order valence-corrected chi connectivity index (χ1v) is 6.22. The quantitative estimate of drug-likeness (QED) is 0.742. The van der Waals surface area contributed by atoms with Gasteiger partial charge >= 0.3 is 0 Å². The lowest BCUT2D eigenvalue weighted by Gasteiger charge is -2.16. The van der Waals surface area contributed by atoms with Gasteiger partial charge in [0.2, 0.25) is 0 Å². The van der Waals surface area contributed by atoms with Gasteiger partial charge in [-0.25, -0.2) is 4.98 Å². The summed E-state index contributed by atoms with van der Waals surface area (Å²) in [6.07, 6.45) is 6.83. The van der Waals surface area contributed by atoms with E-state index in [0.717, 1.165) is 24.0 Å². The fourth-order valence-electron chi connectivity index (χ4n) is 1.75. The summed E-state index contributed by atoms with van der Waals surface area (Å²) in [6, 6.07) is 3.73. The second kappa shape index (κ2) is 7.09. The number of rotatable bonds is 7. The molecule has 0 fully saturated rings. The molecule has 1 unspecified atom stereocenters. The number of aromatic nitrogens is 1. The fourth-order valence-corrected chi connectivity index (χ4v) is 1.75. The number of nitrogen functional groups attached to an aromatic ring is 1. The van der Waals surface area contributed by atoms with Crippen molar-refractivity contribution in [3.63, 3.8) is 0 Å². The molecule has 0 spiro atoms. The van der Waals surface area contributed by atoms with Crippen molar-refractivity contribution in [2.75, 3.05) is 17.6 Å². The molecule has 3 heteroatoms. The van der Waals surface area contributed by atoms with Crippen LogP contribution in [-0.4, -0.2) is 11.5 Å². The molecule has 0 bridgehead atoms. The van der Waals surface area contributed by atoms with E-state index < -0.39 is 0 Å². The van der Waals surface area contributed by atoms with Gasteiger partial charge in [-0.15, -0.1) is 0 Å². The monoisotopic (exact) mass is 221 g/mol. The van der Waals surface area contributed by atoms with Crippen LogP contribution in [0.5, 0.6) is 0 Å². The van der Waals surface area contributed by atoms with E-state index in [1.54, 1.807) is 6.20 Å². The molecule has 0 radical (unpaired) electrons. The minimum atomic E-state index is 0.723. The third-order valence-corrected chi connectivity index (χ3v) is 2.94. The number of nitrogens with one attached hydrogen (secondary N) is 1. The molecular weight excluding hydrogens is 198 g/mol. The third kappa shape index (κ3) is 4.09. The van der Waals surface area contributed by atoms with E-state index in [4.69, 9.17) is 5.73 Å². The number of hydrogen-bond acceptors (Lipinski definition) is 3. The van der Waals surface area contributed by atoms with Gasteiger partial charge in [-0.1, -0.05) is 33.1 Å². The Morgan fingerprint density at radius 3 is 2.88 bits per heavy atom. The van der Waals surface area contributed by atoms with Crippen LogP contribution < -0.4 is 11.1 Å². The molecule has 16 heavy (non-hydrogen) atoms. The summed E-state index contributed by atoms with van der Waals surface area (Å²) in [5, 5.41) is 3.34. The zero-order valence-corrected chi connectivity index (χ0v) is 10.4. The number of anilines is 2. The van der Waals surface area contributed by atoms with Gasteiger partial charge in [-0.2, -0.15) is 0 Å². The average Bonchev–Trinajstić information content (AvgIpc) is 2.31. The number of pyridine rings is 1. The molecule has 3 nitrogen and oxygen atoms in total. The lowest BCUT2D eigenvalue weighted by Crippen LogP contribution is -2.15. The molecule has 0 aliphatic rings. The average molecular weight is 221 g/mol. The van der Waals surface area contributed by atoms with Crippen LogP contribution in [0.4, 0.5) is 11.5 Å². The molecule has 0 saturated heterocycles. The molecule has 0 aliphatic carbocycles. The van der Waals surface area contributed by atoms with Crippen LogP contribution in [-0.2, 0) is 0 Å². The van der Waals surface area contributed by atoms with Crippen LogP contribution in [0.2, 0.25) is 0 Å². The van der Waals surface area contributed by atoms with E-state index in [1.165, 1.54) is 25.7 Å². The van der Waals surface area contributed by atoms with Crippen molar-refractivity contribution in [1.82, 2.24) is 4.98 Å². The molecule has 1 aromatic rings. The summed E-state index contributed by atoms with van der Waals surface area (Å²) < 4.78 is 0. The van der Waals surface area contributed by atoms with E-state index >= 15 is 0 Å². The lowest BCUT2D eigenvalue weighted by molar-refractivity contribution is 0.472. The van der Waals surface area contributed by atoms with Crippen molar-refractivity contribution in [3.05, 3.63) is 18.3 Å². The van der Waals surface area contributed by atoms with E-state index in [1.807, 2.05) is 12.1 Å². The van der Waals surface area contributed by atoms with Crippen molar-refractivity contribution >= 4 is 11.5 Å². The van der Waals surface area contributed by atoms with Crippen LogP contribution in [0, 0.1) is 5.92 Å². The van der Waals surface area contributed by atoms with Gasteiger partial charge in [0.05, 0.1) is 5.69 Å². The molecule has 3 N–H and O–H groups in total. The van der Waals surface area contributed by atoms with Crippen LogP contribution in [0.3, 0.4) is 0 Å². The topological polar surface area (TPSA) is 50.9 Å². The summed E-state index contributed by atoms with van der Waals surface area (Å²) in [6.45, 7) is 5.44. The van der Waals surface area contributed by atoms with Gasteiger partial charge in [-0.05, 0) is 24.5 Å². The maximum absolute atomic E-state index is 5.82. The van der Waals surface area contributed by atoms with E-state index in [-0.39, 0.29) is 0 Å². The molecule has 0 aliphatic heterocycles. The van der Waals surface area contributed by atoms with Gasteiger partial charge in [0.25, 0.3) is 0 Å². The van der Waals surface area contributed by atoms with Gasteiger partial charge in [0.1, 0.15) is 5.82 Å². The molecule has 1 heterocycles. The fraction of sp³-hybridized carbons (Fsp3) is 0.615. The van der Waals surface area contributed by atoms with Gasteiger partial charge in [0, 0.05) is 12.7 Å². The summed E-state index contributed by atoms with van der Waals surface area (Å²) in [4.78, 5) is 4.23. The molecule has 1 atom stereocenters. The highest BCUT2D eigenvalue weighted by molar-refractivity contribution is 5.60. The normalized spacial score (nSPS) is 12.4. The SMILES string of the molecule is CCCCC(CC)CNc1ncccc1N. The van der Waals surface area contributed by atoms with Crippen molar-refractivity contribution in [3.8, 4) is 0 Å². The highest BCUT2D eigenvalue weighted by Crippen LogP contribution is 2.17. The highest BCUT2D eigenvalue weighted by atomic mass is 15.0. The van der Waals surface area contributed by atoms with Gasteiger partial charge in [0.15, 0.2) is 0 Å². The summed E-state index contributed by atoms with van der Waals surface area (Å²) >= 11 is 0. The first-order chi connectivity index (χ1) is 7.77. The minimum Gasteiger partial charge on any atom is -0.396 e. The maximum atomic E-state index is 5.82. The zero-order valence-electron chi connectivity index (χ0n) is 10.4. The van der Waals surface area contributed by atoms with Gasteiger partial charge in [-0.3, -0.25) is 0 Å². The van der Waals surface area contributed by atoms with Crippen molar-refractivity contribution in [1.29, 1.82) is 0 Å².